The smallest absolute Gasteiger partial charge is 0.257 e. The molecular formula is C19H19N5O. The second kappa shape index (κ2) is 6.49. The van der Waals surface area contributed by atoms with Crippen molar-refractivity contribution < 1.29 is 4.74 Å². The van der Waals surface area contributed by atoms with E-state index in [9.17, 15) is 0 Å². The molecule has 0 radical (unpaired) electrons. The Morgan fingerprint density at radius 3 is 2.72 bits per heavy atom. The van der Waals surface area contributed by atoms with Crippen LogP contribution in [-0.4, -0.2) is 33.2 Å². The van der Waals surface area contributed by atoms with Gasteiger partial charge in [-0.3, -0.25) is 4.40 Å². The number of benzene rings is 2. The normalized spacial score (nSPS) is 11.3. The zero-order chi connectivity index (χ0) is 17.2. The van der Waals surface area contributed by atoms with Crippen LogP contribution in [0.2, 0.25) is 0 Å². The Hall–Kier alpha value is -2.99. The number of nitrogens with zero attached hydrogens (tertiary/aromatic N) is 5. The molecule has 0 saturated carbocycles. The maximum atomic E-state index is 5.27. The van der Waals surface area contributed by atoms with Gasteiger partial charge in [-0.2, -0.15) is 4.98 Å². The number of hydrogen-bond donors (Lipinski definition) is 0. The van der Waals surface area contributed by atoms with E-state index >= 15 is 0 Å². The molecule has 0 aliphatic carbocycles. The number of ether oxygens (including phenoxy) is 1. The van der Waals surface area contributed by atoms with Crippen LogP contribution in [-0.2, 0) is 11.3 Å². The number of methoxy groups -OCH3 is 1. The quantitative estimate of drug-likeness (QED) is 0.559. The molecule has 0 unspecified atom stereocenters. The highest BCUT2D eigenvalue weighted by Crippen LogP contribution is 2.31. The highest BCUT2D eigenvalue weighted by Gasteiger charge is 2.16. The van der Waals surface area contributed by atoms with E-state index in [2.05, 4.69) is 52.4 Å². The second-order valence-corrected chi connectivity index (χ2v) is 5.80. The summed E-state index contributed by atoms with van der Waals surface area (Å²) < 4.78 is 7.19. The van der Waals surface area contributed by atoms with Crippen LogP contribution in [0.15, 0.2) is 54.9 Å². The van der Waals surface area contributed by atoms with Crippen LogP contribution < -0.4 is 4.90 Å². The van der Waals surface area contributed by atoms with Crippen molar-refractivity contribution in [2.24, 2.45) is 0 Å². The highest BCUT2D eigenvalue weighted by molar-refractivity contribution is 5.93. The van der Waals surface area contributed by atoms with Crippen molar-refractivity contribution in [3.05, 3.63) is 60.4 Å². The topological polar surface area (TPSA) is 55.6 Å². The molecular weight excluding hydrogens is 314 g/mol. The summed E-state index contributed by atoms with van der Waals surface area (Å²) in [6, 6.07) is 16.5. The van der Waals surface area contributed by atoms with Crippen LogP contribution in [0.25, 0.3) is 16.7 Å². The van der Waals surface area contributed by atoms with Gasteiger partial charge in [-0.05, 0) is 36.8 Å². The molecule has 6 heteroatoms. The third kappa shape index (κ3) is 2.70. The van der Waals surface area contributed by atoms with Crippen molar-refractivity contribution in [3.8, 4) is 0 Å². The highest BCUT2D eigenvalue weighted by atomic mass is 16.5. The van der Waals surface area contributed by atoms with Gasteiger partial charge in [0.05, 0.1) is 12.1 Å². The number of anilines is 2. The van der Waals surface area contributed by atoms with Gasteiger partial charge in [0.1, 0.15) is 12.1 Å². The summed E-state index contributed by atoms with van der Waals surface area (Å²) in [6.45, 7) is 3.48. The summed E-state index contributed by atoms with van der Waals surface area (Å²) in [5.74, 6) is 1.47. The number of rotatable bonds is 5. The molecule has 2 heterocycles. The van der Waals surface area contributed by atoms with Crippen LogP contribution in [0.5, 0.6) is 0 Å². The summed E-state index contributed by atoms with van der Waals surface area (Å²) in [5, 5.41) is 9.24. The molecule has 0 N–H and O–H groups in total. The molecule has 0 saturated heterocycles. The van der Waals surface area contributed by atoms with Gasteiger partial charge in [-0.1, -0.05) is 24.3 Å². The van der Waals surface area contributed by atoms with Crippen molar-refractivity contribution in [3.63, 3.8) is 0 Å². The average Bonchev–Trinajstić information content (AvgIpc) is 3.12. The van der Waals surface area contributed by atoms with Crippen LogP contribution in [0.3, 0.4) is 0 Å². The van der Waals surface area contributed by atoms with Gasteiger partial charge in [0, 0.05) is 24.7 Å². The first-order valence-corrected chi connectivity index (χ1v) is 8.25. The van der Waals surface area contributed by atoms with Crippen molar-refractivity contribution >= 4 is 28.2 Å². The lowest BCUT2D eigenvalue weighted by Gasteiger charge is -2.24. The first-order valence-electron chi connectivity index (χ1n) is 8.25. The Kier molecular flexibility index (Phi) is 4.03. The van der Waals surface area contributed by atoms with Crippen LogP contribution in [0, 0.1) is 0 Å². The lowest BCUT2D eigenvalue weighted by Crippen LogP contribution is -2.18. The Morgan fingerprint density at radius 1 is 1.12 bits per heavy atom. The van der Waals surface area contributed by atoms with Crippen molar-refractivity contribution in [1.82, 2.24) is 19.6 Å². The zero-order valence-electron chi connectivity index (χ0n) is 14.3. The van der Waals surface area contributed by atoms with E-state index in [1.54, 1.807) is 13.4 Å². The summed E-state index contributed by atoms with van der Waals surface area (Å²) in [6.07, 6.45) is 1.70. The minimum absolute atomic E-state index is 0.563. The molecule has 0 aliphatic rings. The van der Waals surface area contributed by atoms with Gasteiger partial charge in [0.15, 0.2) is 0 Å². The molecule has 126 valence electrons. The molecule has 0 bridgehead atoms. The van der Waals surface area contributed by atoms with Gasteiger partial charge >= 0.3 is 0 Å². The van der Waals surface area contributed by atoms with E-state index in [1.165, 1.54) is 0 Å². The minimum atomic E-state index is 0.563. The second-order valence-electron chi connectivity index (χ2n) is 5.80. The van der Waals surface area contributed by atoms with E-state index < -0.39 is 0 Å². The summed E-state index contributed by atoms with van der Waals surface area (Å²) in [5.41, 5.74) is 3.22. The Balaban J connectivity index is 1.98. The zero-order valence-corrected chi connectivity index (χ0v) is 14.3. The van der Waals surface area contributed by atoms with E-state index in [0.29, 0.717) is 12.4 Å². The van der Waals surface area contributed by atoms with Gasteiger partial charge < -0.3 is 9.64 Å². The van der Waals surface area contributed by atoms with Crippen LogP contribution in [0.1, 0.15) is 12.5 Å². The predicted molar refractivity (Wildman–Crippen MR) is 98.1 cm³/mol. The molecule has 2 aromatic carbocycles. The lowest BCUT2D eigenvalue weighted by atomic mass is 10.1. The maximum absolute atomic E-state index is 5.27. The van der Waals surface area contributed by atoms with Crippen molar-refractivity contribution in [1.29, 1.82) is 0 Å². The van der Waals surface area contributed by atoms with E-state index in [1.807, 2.05) is 22.6 Å². The third-order valence-electron chi connectivity index (χ3n) is 4.25. The van der Waals surface area contributed by atoms with Gasteiger partial charge in [0.2, 0.25) is 0 Å². The fourth-order valence-corrected chi connectivity index (χ4v) is 3.12. The summed E-state index contributed by atoms with van der Waals surface area (Å²) in [4.78, 5) is 6.96. The molecule has 6 nitrogen and oxygen atoms in total. The summed E-state index contributed by atoms with van der Waals surface area (Å²) in [7, 11) is 1.70. The molecule has 25 heavy (non-hydrogen) atoms. The van der Waals surface area contributed by atoms with Gasteiger partial charge in [-0.15, -0.1) is 10.2 Å². The van der Waals surface area contributed by atoms with E-state index in [4.69, 9.17) is 9.72 Å². The predicted octanol–water partition coefficient (Wildman–Crippen LogP) is 3.58. The standard InChI is InChI=1S/C19H19N5O/c1-3-23(15-7-5-4-6-8-15)18-16-10-9-14(12-25-2)11-17(16)24-13-20-22-19(24)21-18/h4-11,13H,3,12H2,1-2H3. The van der Waals surface area contributed by atoms with Gasteiger partial charge in [0.25, 0.3) is 5.78 Å². The lowest BCUT2D eigenvalue weighted by molar-refractivity contribution is 0.185. The molecule has 2 aromatic heterocycles. The molecule has 0 fully saturated rings. The Labute approximate surface area is 145 Å². The maximum Gasteiger partial charge on any atom is 0.257 e. The summed E-state index contributed by atoms with van der Waals surface area (Å²) >= 11 is 0. The molecule has 4 aromatic rings. The monoisotopic (exact) mass is 333 g/mol. The number of fused-ring (bicyclic) bond motifs is 3. The SMILES string of the molecule is CCN(c1ccccc1)c1nc2nncn2c2cc(COC)ccc12. The fraction of sp³-hybridized carbons (Fsp3) is 0.211. The molecule has 0 amide bonds. The largest absolute Gasteiger partial charge is 0.380 e. The third-order valence-corrected chi connectivity index (χ3v) is 4.25. The van der Waals surface area contributed by atoms with Crippen LogP contribution in [0.4, 0.5) is 11.5 Å². The van der Waals surface area contributed by atoms with Crippen LogP contribution >= 0.6 is 0 Å². The Morgan fingerprint density at radius 2 is 1.96 bits per heavy atom. The number of aromatic nitrogens is 4. The molecule has 0 spiro atoms. The van der Waals surface area contributed by atoms with E-state index in [-0.39, 0.29) is 0 Å². The first kappa shape index (κ1) is 15.5. The number of para-hydroxylation sites is 1. The van der Waals surface area contributed by atoms with Crippen molar-refractivity contribution in [2.45, 2.75) is 13.5 Å². The Bertz CT molecular complexity index is 1010. The van der Waals surface area contributed by atoms with Gasteiger partial charge in [-0.25, -0.2) is 0 Å². The first-order chi connectivity index (χ1) is 12.3. The molecule has 0 aliphatic heterocycles. The fourth-order valence-electron chi connectivity index (χ4n) is 3.12. The number of hydrogen-bond acceptors (Lipinski definition) is 5. The van der Waals surface area contributed by atoms with E-state index in [0.717, 1.165) is 34.5 Å². The minimum Gasteiger partial charge on any atom is -0.380 e. The van der Waals surface area contributed by atoms with Crippen molar-refractivity contribution in [2.75, 3.05) is 18.6 Å². The molecule has 0 atom stereocenters. The average molecular weight is 333 g/mol. The molecule has 4 rings (SSSR count).